The molecule has 28 heavy (non-hydrogen) atoms. The SMILES string of the molecule is COC(=O)c1ccc(NC(=O)CN2CC(=O)N(c3ccc(Br)cc3)C2=O)cc1. The first-order valence-electron chi connectivity index (χ1n) is 8.24. The van der Waals surface area contributed by atoms with Crippen molar-refractivity contribution in [3.05, 3.63) is 58.6 Å². The van der Waals surface area contributed by atoms with Crippen LogP contribution < -0.4 is 10.2 Å². The number of urea groups is 1. The number of methoxy groups -OCH3 is 1. The van der Waals surface area contributed by atoms with Crippen LogP contribution in [0, 0.1) is 0 Å². The average Bonchev–Trinajstić information content (AvgIpc) is 2.95. The minimum Gasteiger partial charge on any atom is -0.465 e. The Balaban J connectivity index is 1.63. The van der Waals surface area contributed by atoms with E-state index in [0.717, 1.165) is 9.37 Å². The van der Waals surface area contributed by atoms with E-state index in [2.05, 4.69) is 26.0 Å². The quantitative estimate of drug-likeness (QED) is 0.563. The van der Waals surface area contributed by atoms with Gasteiger partial charge >= 0.3 is 12.0 Å². The second-order valence-corrected chi connectivity index (χ2v) is 6.88. The molecule has 0 aliphatic carbocycles. The van der Waals surface area contributed by atoms with Gasteiger partial charge in [-0.3, -0.25) is 9.59 Å². The van der Waals surface area contributed by atoms with E-state index in [4.69, 9.17) is 0 Å². The van der Waals surface area contributed by atoms with Crippen molar-refractivity contribution in [1.82, 2.24) is 4.90 Å². The van der Waals surface area contributed by atoms with Crippen LogP contribution in [0.5, 0.6) is 0 Å². The largest absolute Gasteiger partial charge is 0.465 e. The van der Waals surface area contributed by atoms with Crippen LogP contribution in [-0.2, 0) is 14.3 Å². The van der Waals surface area contributed by atoms with E-state index in [0.29, 0.717) is 16.9 Å². The predicted molar refractivity (Wildman–Crippen MR) is 105 cm³/mol. The molecule has 0 atom stereocenters. The lowest BCUT2D eigenvalue weighted by atomic mass is 10.2. The molecule has 2 aromatic carbocycles. The first kappa shape index (κ1) is 19.6. The van der Waals surface area contributed by atoms with Crippen molar-refractivity contribution in [3.8, 4) is 0 Å². The second kappa shape index (κ2) is 8.22. The van der Waals surface area contributed by atoms with Crippen molar-refractivity contribution >= 4 is 51.1 Å². The normalized spacial score (nSPS) is 13.6. The van der Waals surface area contributed by atoms with Crippen molar-refractivity contribution in [2.75, 3.05) is 30.4 Å². The van der Waals surface area contributed by atoms with Gasteiger partial charge in [0.1, 0.15) is 13.1 Å². The third-order valence-corrected chi connectivity index (χ3v) is 4.58. The molecular weight excluding hydrogens is 430 g/mol. The van der Waals surface area contributed by atoms with Crippen LogP contribution in [0.25, 0.3) is 0 Å². The molecule has 4 amide bonds. The Hall–Kier alpha value is -3.20. The van der Waals surface area contributed by atoms with Gasteiger partial charge in [0, 0.05) is 10.2 Å². The van der Waals surface area contributed by atoms with Gasteiger partial charge < -0.3 is 15.0 Å². The Bertz CT molecular complexity index is 928. The third kappa shape index (κ3) is 4.20. The Kier molecular flexibility index (Phi) is 5.74. The summed E-state index contributed by atoms with van der Waals surface area (Å²) in [6, 6.07) is 12.3. The van der Waals surface area contributed by atoms with Gasteiger partial charge in [0.2, 0.25) is 5.91 Å². The Morgan fingerprint density at radius 3 is 2.32 bits per heavy atom. The minimum atomic E-state index is -0.552. The standard InChI is InChI=1S/C19H16BrN3O5/c1-28-18(26)12-2-6-14(7-3-12)21-16(24)10-22-11-17(25)23(19(22)27)15-8-4-13(20)5-9-15/h2-9H,10-11H2,1H3,(H,21,24). The predicted octanol–water partition coefficient (Wildman–Crippen LogP) is 2.64. The summed E-state index contributed by atoms with van der Waals surface area (Å²) < 4.78 is 5.44. The maximum absolute atomic E-state index is 12.5. The van der Waals surface area contributed by atoms with Crippen LogP contribution in [0.2, 0.25) is 0 Å². The van der Waals surface area contributed by atoms with Crippen molar-refractivity contribution in [1.29, 1.82) is 0 Å². The monoisotopic (exact) mass is 445 g/mol. The fourth-order valence-corrected chi connectivity index (χ4v) is 2.96. The molecule has 0 bridgehead atoms. The van der Waals surface area contributed by atoms with Gasteiger partial charge in [-0.15, -0.1) is 0 Å². The van der Waals surface area contributed by atoms with Crippen LogP contribution in [0.3, 0.4) is 0 Å². The molecule has 1 fully saturated rings. The zero-order chi connectivity index (χ0) is 20.3. The molecule has 0 unspecified atom stereocenters. The van der Waals surface area contributed by atoms with Gasteiger partial charge in [0.25, 0.3) is 5.91 Å². The average molecular weight is 446 g/mol. The number of carbonyl (C=O) groups is 4. The summed E-state index contributed by atoms with van der Waals surface area (Å²) in [6.07, 6.45) is 0. The van der Waals surface area contributed by atoms with Crippen molar-refractivity contribution in [3.63, 3.8) is 0 Å². The Morgan fingerprint density at radius 1 is 1.07 bits per heavy atom. The summed E-state index contributed by atoms with van der Waals surface area (Å²) in [5.41, 5.74) is 1.26. The van der Waals surface area contributed by atoms with E-state index in [9.17, 15) is 19.2 Å². The number of rotatable bonds is 5. The number of hydrogen-bond donors (Lipinski definition) is 1. The van der Waals surface area contributed by atoms with E-state index in [1.807, 2.05) is 0 Å². The topological polar surface area (TPSA) is 96.0 Å². The van der Waals surface area contributed by atoms with Crippen LogP contribution >= 0.6 is 15.9 Å². The van der Waals surface area contributed by atoms with E-state index in [-0.39, 0.29) is 13.1 Å². The Morgan fingerprint density at radius 2 is 1.71 bits per heavy atom. The van der Waals surface area contributed by atoms with Crippen LogP contribution in [0.1, 0.15) is 10.4 Å². The molecule has 144 valence electrons. The molecular formula is C19H16BrN3O5. The summed E-state index contributed by atoms with van der Waals surface area (Å²) in [6.45, 7) is -0.444. The summed E-state index contributed by atoms with van der Waals surface area (Å²) in [4.78, 5) is 50.6. The van der Waals surface area contributed by atoms with Gasteiger partial charge in [-0.25, -0.2) is 14.5 Å². The molecule has 3 rings (SSSR count). The first-order valence-corrected chi connectivity index (χ1v) is 9.04. The number of amides is 4. The molecule has 0 saturated carbocycles. The maximum atomic E-state index is 12.5. The van der Waals surface area contributed by atoms with Crippen LogP contribution in [0.15, 0.2) is 53.0 Å². The van der Waals surface area contributed by atoms with Gasteiger partial charge in [0.05, 0.1) is 18.4 Å². The molecule has 1 heterocycles. The van der Waals surface area contributed by atoms with Gasteiger partial charge in [0.15, 0.2) is 0 Å². The van der Waals surface area contributed by atoms with E-state index < -0.39 is 23.8 Å². The van der Waals surface area contributed by atoms with Crippen molar-refractivity contribution < 1.29 is 23.9 Å². The lowest BCUT2D eigenvalue weighted by molar-refractivity contribution is -0.118. The number of anilines is 2. The summed E-state index contributed by atoms with van der Waals surface area (Å²) in [5, 5.41) is 2.63. The number of benzene rings is 2. The minimum absolute atomic E-state index is 0.177. The summed E-state index contributed by atoms with van der Waals surface area (Å²) in [5.74, 6) is -1.33. The second-order valence-electron chi connectivity index (χ2n) is 5.96. The molecule has 1 N–H and O–H groups in total. The fourth-order valence-electron chi connectivity index (χ4n) is 2.70. The molecule has 0 spiro atoms. The number of nitrogens with zero attached hydrogens (tertiary/aromatic N) is 2. The number of imide groups is 1. The lowest BCUT2D eigenvalue weighted by Crippen LogP contribution is -2.37. The van der Waals surface area contributed by atoms with Gasteiger partial charge in [-0.1, -0.05) is 15.9 Å². The van der Waals surface area contributed by atoms with Gasteiger partial charge in [-0.05, 0) is 48.5 Å². The van der Waals surface area contributed by atoms with Crippen LogP contribution in [-0.4, -0.2) is 48.9 Å². The first-order chi connectivity index (χ1) is 13.4. The van der Waals surface area contributed by atoms with Gasteiger partial charge in [-0.2, -0.15) is 0 Å². The Labute approximate surface area is 169 Å². The van der Waals surface area contributed by atoms with E-state index in [1.165, 1.54) is 24.1 Å². The highest BCUT2D eigenvalue weighted by Crippen LogP contribution is 2.23. The molecule has 1 saturated heterocycles. The summed E-state index contributed by atoms with van der Waals surface area (Å²) >= 11 is 3.30. The number of nitrogens with one attached hydrogen (secondary N) is 1. The molecule has 9 heteroatoms. The molecule has 1 aliphatic heterocycles. The summed E-state index contributed by atoms with van der Waals surface area (Å²) in [7, 11) is 1.28. The third-order valence-electron chi connectivity index (χ3n) is 4.05. The highest BCUT2D eigenvalue weighted by molar-refractivity contribution is 9.10. The molecule has 8 nitrogen and oxygen atoms in total. The zero-order valence-electron chi connectivity index (χ0n) is 14.8. The van der Waals surface area contributed by atoms with E-state index >= 15 is 0 Å². The number of hydrogen-bond acceptors (Lipinski definition) is 5. The highest BCUT2D eigenvalue weighted by Gasteiger charge is 2.37. The number of ether oxygens (including phenoxy) is 1. The highest BCUT2D eigenvalue weighted by atomic mass is 79.9. The fraction of sp³-hybridized carbons (Fsp3) is 0.158. The zero-order valence-corrected chi connectivity index (χ0v) is 16.4. The number of halogens is 1. The number of carbonyl (C=O) groups excluding carboxylic acids is 4. The van der Waals surface area contributed by atoms with Crippen molar-refractivity contribution in [2.45, 2.75) is 0 Å². The molecule has 1 aliphatic rings. The smallest absolute Gasteiger partial charge is 0.337 e. The molecule has 2 aromatic rings. The molecule has 0 aromatic heterocycles. The molecule has 0 radical (unpaired) electrons. The van der Waals surface area contributed by atoms with Crippen LogP contribution in [0.4, 0.5) is 16.2 Å². The van der Waals surface area contributed by atoms with E-state index in [1.54, 1.807) is 36.4 Å². The number of esters is 1. The van der Waals surface area contributed by atoms with Crippen molar-refractivity contribution in [2.24, 2.45) is 0 Å². The lowest BCUT2D eigenvalue weighted by Gasteiger charge is -2.17. The maximum Gasteiger partial charge on any atom is 0.337 e.